The van der Waals surface area contributed by atoms with E-state index in [0.29, 0.717) is 0 Å². The first-order chi connectivity index (χ1) is 9.11. The normalized spacial score (nSPS) is 10.3. The summed E-state index contributed by atoms with van der Waals surface area (Å²) < 4.78 is 0. The molecule has 0 saturated heterocycles. The summed E-state index contributed by atoms with van der Waals surface area (Å²) in [6.07, 6.45) is 1.56. The van der Waals surface area contributed by atoms with Gasteiger partial charge >= 0.3 is 0 Å². The second-order valence-electron chi connectivity index (χ2n) is 4.68. The summed E-state index contributed by atoms with van der Waals surface area (Å²) >= 11 is 0. The number of benzene rings is 1. The van der Waals surface area contributed by atoms with Gasteiger partial charge in [-0.3, -0.25) is 0 Å². The minimum Gasteiger partial charge on any atom is -0.373 e. The van der Waals surface area contributed by atoms with Crippen LogP contribution < -0.4 is 10.6 Å². The predicted molar refractivity (Wildman–Crippen MR) is 79.6 cm³/mol. The topological polar surface area (TPSA) is 49.8 Å². The van der Waals surface area contributed by atoms with E-state index in [2.05, 4.69) is 53.5 Å². The molecule has 0 saturated carbocycles. The smallest absolute Gasteiger partial charge is 0.131 e. The van der Waals surface area contributed by atoms with Gasteiger partial charge in [0.25, 0.3) is 0 Å². The molecule has 0 bridgehead atoms. The zero-order valence-electron chi connectivity index (χ0n) is 11.9. The third-order valence-corrected chi connectivity index (χ3v) is 3.55. The summed E-state index contributed by atoms with van der Waals surface area (Å²) in [5, 5.41) is 6.33. The average molecular weight is 256 g/mol. The van der Waals surface area contributed by atoms with Gasteiger partial charge in [0.15, 0.2) is 0 Å². The van der Waals surface area contributed by atoms with Gasteiger partial charge in [-0.25, -0.2) is 9.97 Å². The molecule has 0 spiro atoms. The molecule has 0 aliphatic heterocycles. The molecule has 2 rings (SSSR count). The SMILES string of the molecule is CNc1cc(NCc2ccc(C)c(C)c2C)ncn1. The van der Waals surface area contributed by atoms with Crippen LogP contribution in [0.3, 0.4) is 0 Å². The van der Waals surface area contributed by atoms with Crippen LogP contribution in [0.2, 0.25) is 0 Å². The molecule has 0 amide bonds. The van der Waals surface area contributed by atoms with Crippen molar-refractivity contribution in [3.63, 3.8) is 0 Å². The lowest BCUT2D eigenvalue weighted by molar-refractivity contribution is 1.05. The Kier molecular flexibility index (Phi) is 4.00. The van der Waals surface area contributed by atoms with E-state index in [-0.39, 0.29) is 0 Å². The van der Waals surface area contributed by atoms with E-state index in [9.17, 15) is 0 Å². The third kappa shape index (κ3) is 3.02. The maximum atomic E-state index is 4.21. The van der Waals surface area contributed by atoms with Gasteiger partial charge in [-0.2, -0.15) is 0 Å². The van der Waals surface area contributed by atoms with Crippen molar-refractivity contribution in [1.82, 2.24) is 9.97 Å². The average Bonchev–Trinajstić information content (AvgIpc) is 2.44. The highest BCUT2D eigenvalue weighted by atomic mass is 15.0. The lowest BCUT2D eigenvalue weighted by Gasteiger charge is -2.12. The Bertz CT molecular complexity index is 578. The van der Waals surface area contributed by atoms with Crippen molar-refractivity contribution in [2.45, 2.75) is 27.3 Å². The molecule has 0 aliphatic rings. The van der Waals surface area contributed by atoms with Crippen LogP contribution in [0.15, 0.2) is 24.5 Å². The minimum absolute atomic E-state index is 0.771. The standard InChI is InChI=1S/C15H20N4/c1-10-5-6-13(12(3)11(10)2)8-17-15-7-14(16-4)18-9-19-15/h5-7,9H,8H2,1-4H3,(H2,16,17,18,19). The molecule has 0 unspecified atom stereocenters. The van der Waals surface area contributed by atoms with Gasteiger partial charge in [0.1, 0.15) is 18.0 Å². The molecule has 2 N–H and O–H groups in total. The van der Waals surface area contributed by atoms with Crippen LogP contribution in [0.5, 0.6) is 0 Å². The summed E-state index contributed by atoms with van der Waals surface area (Å²) in [6, 6.07) is 6.24. The summed E-state index contributed by atoms with van der Waals surface area (Å²) in [5.74, 6) is 1.64. The number of anilines is 2. The lowest BCUT2D eigenvalue weighted by atomic mass is 9.99. The Labute approximate surface area is 114 Å². The summed E-state index contributed by atoms with van der Waals surface area (Å²) in [4.78, 5) is 8.30. The van der Waals surface area contributed by atoms with Gasteiger partial charge in [0, 0.05) is 19.7 Å². The third-order valence-electron chi connectivity index (χ3n) is 3.55. The maximum absolute atomic E-state index is 4.21. The van der Waals surface area contributed by atoms with E-state index in [0.717, 1.165) is 18.2 Å². The van der Waals surface area contributed by atoms with Crippen LogP contribution >= 0.6 is 0 Å². The predicted octanol–water partition coefficient (Wildman–Crippen LogP) is 3.06. The Balaban J connectivity index is 2.12. The number of nitrogens with one attached hydrogen (secondary N) is 2. The van der Waals surface area contributed by atoms with Crippen molar-refractivity contribution < 1.29 is 0 Å². The second-order valence-corrected chi connectivity index (χ2v) is 4.68. The molecule has 4 nitrogen and oxygen atoms in total. The van der Waals surface area contributed by atoms with Gasteiger partial charge in [-0.15, -0.1) is 0 Å². The van der Waals surface area contributed by atoms with Crippen LogP contribution in [-0.2, 0) is 6.54 Å². The van der Waals surface area contributed by atoms with E-state index in [1.807, 2.05) is 13.1 Å². The first kappa shape index (κ1) is 13.3. The Morgan fingerprint density at radius 3 is 2.47 bits per heavy atom. The molecule has 0 fully saturated rings. The van der Waals surface area contributed by atoms with Gasteiger partial charge in [-0.05, 0) is 43.0 Å². The molecule has 0 atom stereocenters. The molecule has 1 aromatic carbocycles. The zero-order valence-corrected chi connectivity index (χ0v) is 11.9. The highest BCUT2D eigenvalue weighted by Crippen LogP contribution is 2.18. The van der Waals surface area contributed by atoms with Crippen LogP contribution in [-0.4, -0.2) is 17.0 Å². The van der Waals surface area contributed by atoms with Crippen molar-refractivity contribution >= 4 is 11.6 Å². The van der Waals surface area contributed by atoms with Crippen molar-refractivity contribution in [2.24, 2.45) is 0 Å². The number of hydrogen-bond donors (Lipinski definition) is 2. The van der Waals surface area contributed by atoms with E-state index < -0.39 is 0 Å². The van der Waals surface area contributed by atoms with Gasteiger partial charge in [0.05, 0.1) is 0 Å². The van der Waals surface area contributed by atoms with Crippen molar-refractivity contribution in [1.29, 1.82) is 0 Å². The summed E-state index contributed by atoms with van der Waals surface area (Å²) in [7, 11) is 1.85. The molecular weight excluding hydrogens is 236 g/mol. The zero-order chi connectivity index (χ0) is 13.8. The van der Waals surface area contributed by atoms with Crippen molar-refractivity contribution in [2.75, 3.05) is 17.7 Å². The van der Waals surface area contributed by atoms with Gasteiger partial charge in [0.2, 0.25) is 0 Å². The van der Waals surface area contributed by atoms with Crippen LogP contribution in [0.4, 0.5) is 11.6 Å². The van der Waals surface area contributed by atoms with E-state index in [1.165, 1.54) is 22.3 Å². The van der Waals surface area contributed by atoms with Crippen LogP contribution in [0.25, 0.3) is 0 Å². The molecule has 0 aliphatic carbocycles. The number of nitrogens with zero attached hydrogens (tertiary/aromatic N) is 2. The largest absolute Gasteiger partial charge is 0.373 e. The molecule has 1 heterocycles. The Morgan fingerprint density at radius 2 is 1.74 bits per heavy atom. The fourth-order valence-electron chi connectivity index (χ4n) is 1.98. The molecular formula is C15H20N4. The number of hydrogen-bond acceptors (Lipinski definition) is 4. The summed E-state index contributed by atoms with van der Waals surface area (Å²) in [6.45, 7) is 7.24. The number of aryl methyl sites for hydroxylation is 1. The van der Waals surface area contributed by atoms with Crippen LogP contribution in [0, 0.1) is 20.8 Å². The fraction of sp³-hybridized carbons (Fsp3) is 0.333. The fourth-order valence-corrected chi connectivity index (χ4v) is 1.98. The van der Waals surface area contributed by atoms with Crippen LogP contribution in [0.1, 0.15) is 22.3 Å². The monoisotopic (exact) mass is 256 g/mol. The molecule has 1 aromatic heterocycles. The molecule has 19 heavy (non-hydrogen) atoms. The molecule has 4 heteroatoms. The van der Waals surface area contributed by atoms with Crippen molar-refractivity contribution in [3.05, 3.63) is 46.8 Å². The molecule has 2 aromatic rings. The molecule has 0 radical (unpaired) electrons. The number of rotatable bonds is 4. The Hall–Kier alpha value is -2.10. The van der Waals surface area contributed by atoms with Gasteiger partial charge < -0.3 is 10.6 Å². The second kappa shape index (κ2) is 5.69. The first-order valence-electron chi connectivity index (χ1n) is 6.41. The Morgan fingerprint density at radius 1 is 1.00 bits per heavy atom. The van der Waals surface area contributed by atoms with Crippen molar-refractivity contribution in [3.8, 4) is 0 Å². The number of aromatic nitrogens is 2. The lowest BCUT2D eigenvalue weighted by Crippen LogP contribution is -2.05. The summed E-state index contributed by atoms with van der Waals surface area (Å²) in [5.41, 5.74) is 5.33. The first-order valence-corrected chi connectivity index (χ1v) is 6.41. The highest BCUT2D eigenvalue weighted by Gasteiger charge is 2.04. The van der Waals surface area contributed by atoms with E-state index in [4.69, 9.17) is 0 Å². The minimum atomic E-state index is 0.771. The highest BCUT2D eigenvalue weighted by molar-refractivity contribution is 5.47. The van der Waals surface area contributed by atoms with E-state index in [1.54, 1.807) is 6.33 Å². The maximum Gasteiger partial charge on any atom is 0.131 e. The quantitative estimate of drug-likeness (QED) is 0.882. The van der Waals surface area contributed by atoms with Gasteiger partial charge in [-0.1, -0.05) is 12.1 Å². The molecule has 100 valence electrons. The van der Waals surface area contributed by atoms with E-state index >= 15 is 0 Å².